The van der Waals surface area contributed by atoms with Crippen molar-refractivity contribution < 1.29 is 9.59 Å². The van der Waals surface area contributed by atoms with E-state index in [1.165, 1.54) is 0 Å². The van der Waals surface area contributed by atoms with Crippen LogP contribution in [0.2, 0.25) is 0 Å². The summed E-state index contributed by atoms with van der Waals surface area (Å²) in [6.45, 7) is 5.33. The van der Waals surface area contributed by atoms with Crippen LogP contribution in [0.1, 0.15) is 33.1 Å². The standard InChI is InChI=1S/C18H24N2O2S/c1-13(2)9-10-19(14-7-8-14)17(21)11-20-15-5-3-4-6-16(15)23-12-18(20)22/h3-6,13-14H,7-12H2,1-2H3. The second-order valence-corrected chi connectivity index (χ2v) is 7.75. The van der Waals surface area contributed by atoms with Gasteiger partial charge in [0.25, 0.3) is 0 Å². The van der Waals surface area contributed by atoms with E-state index in [0.29, 0.717) is 17.7 Å². The normalized spacial score (nSPS) is 17.3. The van der Waals surface area contributed by atoms with Gasteiger partial charge in [0.15, 0.2) is 0 Å². The van der Waals surface area contributed by atoms with Gasteiger partial charge in [0.1, 0.15) is 6.54 Å². The topological polar surface area (TPSA) is 40.6 Å². The molecule has 1 saturated carbocycles. The van der Waals surface area contributed by atoms with Crippen molar-refractivity contribution in [1.29, 1.82) is 0 Å². The summed E-state index contributed by atoms with van der Waals surface area (Å²) in [6.07, 6.45) is 3.22. The molecule has 0 bridgehead atoms. The SMILES string of the molecule is CC(C)CCN(C(=O)CN1C(=O)CSc2ccccc21)C1CC1. The van der Waals surface area contributed by atoms with E-state index in [4.69, 9.17) is 0 Å². The van der Waals surface area contributed by atoms with Crippen LogP contribution in [0.4, 0.5) is 5.69 Å². The van der Waals surface area contributed by atoms with E-state index in [1.807, 2.05) is 29.2 Å². The summed E-state index contributed by atoms with van der Waals surface area (Å²) in [7, 11) is 0. The summed E-state index contributed by atoms with van der Waals surface area (Å²) in [5, 5.41) is 0. The summed E-state index contributed by atoms with van der Waals surface area (Å²) < 4.78 is 0. The summed E-state index contributed by atoms with van der Waals surface area (Å²) in [5.41, 5.74) is 0.877. The highest BCUT2D eigenvalue weighted by molar-refractivity contribution is 8.00. The Kier molecular flexibility index (Phi) is 4.95. The average molecular weight is 332 g/mol. The number of para-hydroxylation sites is 1. The molecule has 3 rings (SSSR count). The molecular formula is C18H24N2O2S. The number of carbonyl (C=O) groups excluding carboxylic acids is 2. The molecule has 1 aromatic rings. The minimum absolute atomic E-state index is 0.0293. The quantitative estimate of drug-likeness (QED) is 0.803. The summed E-state index contributed by atoms with van der Waals surface area (Å²) in [6, 6.07) is 8.24. The van der Waals surface area contributed by atoms with Gasteiger partial charge in [-0.15, -0.1) is 11.8 Å². The molecule has 23 heavy (non-hydrogen) atoms. The highest BCUT2D eigenvalue weighted by atomic mass is 32.2. The molecule has 1 heterocycles. The molecule has 124 valence electrons. The van der Waals surface area contributed by atoms with E-state index in [2.05, 4.69) is 13.8 Å². The van der Waals surface area contributed by atoms with Gasteiger partial charge in [-0.05, 0) is 37.3 Å². The lowest BCUT2D eigenvalue weighted by atomic mass is 10.1. The van der Waals surface area contributed by atoms with Crippen molar-refractivity contribution >= 4 is 29.3 Å². The summed E-state index contributed by atoms with van der Waals surface area (Å²) in [4.78, 5) is 29.8. The molecule has 0 aromatic heterocycles. The van der Waals surface area contributed by atoms with Gasteiger partial charge in [0.05, 0.1) is 11.4 Å². The zero-order valence-electron chi connectivity index (χ0n) is 13.8. The molecule has 2 amide bonds. The lowest BCUT2D eigenvalue weighted by molar-refractivity contribution is -0.131. The fraction of sp³-hybridized carbons (Fsp3) is 0.556. The van der Waals surface area contributed by atoms with Crippen molar-refractivity contribution in [3.05, 3.63) is 24.3 Å². The Morgan fingerprint density at radius 1 is 1.35 bits per heavy atom. The maximum absolute atomic E-state index is 12.8. The molecule has 0 saturated heterocycles. The Balaban J connectivity index is 1.72. The second-order valence-electron chi connectivity index (χ2n) is 6.74. The van der Waals surface area contributed by atoms with Crippen LogP contribution in [0.25, 0.3) is 0 Å². The number of hydrogen-bond donors (Lipinski definition) is 0. The lowest BCUT2D eigenvalue weighted by Gasteiger charge is -2.31. The second kappa shape index (κ2) is 6.95. The fourth-order valence-electron chi connectivity index (χ4n) is 2.85. The van der Waals surface area contributed by atoms with E-state index >= 15 is 0 Å². The zero-order valence-corrected chi connectivity index (χ0v) is 14.6. The molecule has 1 fully saturated rings. The van der Waals surface area contributed by atoms with E-state index in [9.17, 15) is 9.59 Å². The first-order chi connectivity index (χ1) is 11.1. The van der Waals surface area contributed by atoms with Gasteiger partial charge in [0.2, 0.25) is 11.8 Å². The molecule has 0 radical (unpaired) electrons. The molecule has 1 aromatic carbocycles. The van der Waals surface area contributed by atoms with E-state index in [-0.39, 0.29) is 18.4 Å². The predicted molar refractivity (Wildman–Crippen MR) is 93.7 cm³/mol. The summed E-state index contributed by atoms with van der Waals surface area (Å²) >= 11 is 1.55. The number of nitrogens with zero attached hydrogens (tertiary/aromatic N) is 2. The van der Waals surface area contributed by atoms with E-state index < -0.39 is 0 Å². The number of amides is 2. The number of thioether (sulfide) groups is 1. The molecule has 0 N–H and O–H groups in total. The predicted octanol–water partition coefficient (Wildman–Crippen LogP) is 3.16. The van der Waals surface area contributed by atoms with Gasteiger partial charge in [0, 0.05) is 17.5 Å². The van der Waals surface area contributed by atoms with Crippen molar-refractivity contribution in [3.63, 3.8) is 0 Å². The lowest BCUT2D eigenvalue weighted by Crippen LogP contribution is -2.46. The van der Waals surface area contributed by atoms with Crippen LogP contribution in [0.3, 0.4) is 0 Å². The number of carbonyl (C=O) groups is 2. The highest BCUT2D eigenvalue weighted by Crippen LogP contribution is 2.35. The molecule has 4 nitrogen and oxygen atoms in total. The number of hydrogen-bond acceptors (Lipinski definition) is 3. The van der Waals surface area contributed by atoms with Crippen LogP contribution in [0, 0.1) is 5.92 Å². The molecule has 2 aliphatic rings. The van der Waals surface area contributed by atoms with Crippen LogP contribution >= 0.6 is 11.8 Å². The first kappa shape index (κ1) is 16.4. The third kappa shape index (κ3) is 3.89. The number of anilines is 1. The van der Waals surface area contributed by atoms with Crippen molar-refractivity contribution in [2.24, 2.45) is 5.92 Å². The molecule has 0 spiro atoms. The number of fused-ring (bicyclic) bond motifs is 1. The van der Waals surface area contributed by atoms with Crippen LogP contribution in [0.5, 0.6) is 0 Å². The molecule has 0 atom stereocenters. The monoisotopic (exact) mass is 332 g/mol. The third-order valence-corrected chi connectivity index (χ3v) is 5.40. The molecule has 5 heteroatoms. The maximum atomic E-state index is 12.8. The highest BCUT2D eigenvalue weighted by Gasteiger charge is 2.34. The van der Waals surface area contributed by atoms with Gasteiger partial charge in [-0.25, -0.2) is 0 Å². The smallest absolute Gasteiger partial charge is 0.242 e. The van der Waals surface area contributed by atoms with Crippen LogP contribution in [0.15, 0.2) is 29.2 Å². The van der Waals surface area contributed by atoms with Crippen molar-refractivity contribution in [2.75, 3.05) is 23.7 Å². The minimum atomic E-state index is 0.0293. The fourth-order valence-corrected chi connectivity index (χ4v) is 3.78. The Morgan fingerprint density at radius 3 is 2.78 bits per heavy atom. The largest absolute Gasteiger partial charge is 0.338 e. The molecule has 1 aliphatic heterocycles. The molecule has 0 unspecified atom stereocenters. The number of rotatable bonds is 6. The maximum Gasteiger partial charge on any atom is 0.242 e. The molecular weight excluding hydrogens is 308 g/mol. The Morgan fingerprint density at radius 2 is 2.09 bits per heavy atom. The zero-order chi connectivity index (χ0) is 16.4. The Bertz CT molecular complexity index is 598. The number of benzene rings is 1. The minimum Gasteiger partial charge on any atom is -0.338 e. The van der Waals surface area contributed by atoms with Crippen LogP contribution in [-0.2, 0) is 9.59 Å². The summed E-state index contributed by atoms with van der Waals surface area (Å²) in [5.74, 6) is 1.11. The van der Waals surface area contributed by atoms with Crippen molar-refractivity contribution in [1.82, 2.24) is 4.90 Å². The van der Waals surface area contributed by atoms with Gasteiger partial charge in [-0.1, -0.05) is 26.0 Å². The van der Waals surface area contributed by atoms with Gasteiger partial charge in [-0.3, -0.25) is 9.59 Å². The van der Waals surface area contributed by atoms with E-state index in [0.717, 1.165) is 36.4 Å². The van der Waals surface area contributed by atoms with Gasteiger partial charge < -0.3 is 9.80 Å². The third-order valence-electron chi connectivity index (χ3n) is 4.36. The van der Waals surface area contributed by atoms with Crippen molar-refractivity contribution in [3.8, 4) is 0 Å². The van der Waals surface area contributed by atoms with Crippen LogP contribution in [-0.4, -0.2) is 41.6 Å². The van der Waals surface area contributed by atoms with Crippen molar-refractivity contribution in [2.45, 2.75) is 44.0 Å². The molecule has 1 aliphatic carbocycles. The Labute approximate surface area is 142 Å². The van der Waals surface area contributed by atoms with Gasteiger partial charge in [-0.2, -0.15) is 0 Å². The first-order valence-corrected chi connectivity index (χ1v) is 9.36. The average Bonchev–Trinajstić information content (AvgIpc) is 3.35. The Hall–Kier alpha value is -1.49. The van der Waals surface area contributed by atoms with Gasteiger partial charge >= 0.3 is 0 Å². The van der Waals surface area contributed by atoms with Crippen LogP contribution < -0.4 is 4.90 Å². The van der Waals surface area contributed by atoms with E-state index in [1.54, 1.807) is 16.7 Å². The first-order valence-electron chi connectivity index (χ1n) is 8.38.